The summed E-state index contributed by atoms with van der Waals surface area (Å²) in [5.41, 5.74) is 8.26. The van der Waals surface area contributed by atoms with Crippen LogP contribution >= 0.6 is 0 Å². The second-order valence-corrected chi connectivity index (χ2v) is 10.3. The van der Waals surface area contributed by atoms with Crippen molar-refractivity contribution in [3.8, 4) is 33.8 Å². The number of likely N-dealkylation sites (N-methyl/N-ethyl adjacent to an activating group) is 1. The van der Waals surface area contributed by atoms with Gasteiger partial charge in [-0.1, -0.05) is 19.1 Å². The molecule has 4 N–H and O–H groups in total. The molecule has 0 atom stereocenters. The molecular weight excluding hydrogens is 517 g/mol. The van der Waals surface area contributed by atoms with Gasteiger partial charge < -0.3 is 20.5 Å². The van der Waals surface area contributed by atoms with Gasteiger partial charge in [0.15, 0.2) is 11.5 Å². The van der Waals surface area contributed by atoms with Crippen molar-refractivity contribution in [3.63, 3.8) is 0 Å². The summed E-state index contributed by atoms with van der Waals surface area (Å²) in [5.74, 6) is 0.306. The zero-order chi connectivity index (χ0) is 28.3. The van der Waals surface area contributed by atoms with Gasteiger partial charge in [-0.05, 0) is 68.2 Å². The van der Waals surface area contributed by atoms with Crippen LogP contribution in [0.5, 0.6) is 0 Å². The molecule has 4 heterocycles. The topological polar surface area (TPSA) is 110 Å². The third-order valence-electron chi connectivity index (χ3n) is 6.96. The van der Waals surface area contributed by atoms with Gasteiger partial charge in [0.2, 0.25) is 0 Å². The molecule has 6 rings (SSSR count). The number of rotatable bonds is 10. The van der Waals surface area contributed by atoms with Crippen molar-refractivity contribution < 1.29 is 4.39 Å². The molecule has 0 radical (unpaired) electrons. The molecule has 6 aromatic rings. The molecule has 0 spiro atoms. The molecule has 0 saturated heterocycles. The van der Waals surface area contributed by atoms with Gasteiger partial charge in [0.05, 0.1) is 16.4 Å². The molecule has 0 amide bonds. The fourth-order valence-electron chi connectivity index (χ4n) is 4.90. The van der Waals surface area contributed by atoms with Crippen LogP contribution in [0, 0.1) is 5.82 Å². The molecule has 0 aliphatic heterocycles. The van der Waals surface area contributed by atoms with Crippen molar-refractivity contribution in [1.82, 2.24) is 40.3 Å². The second kappa shape index (κ2) is 11.4. The number of hydrogen-bond acceptors (Lipinski definition) is 7. The fourth-order valence-corrected chi connectivity index (χ4v) is 4.90. The predicted octanol–water partition coefficient (Wildman–Crippen LogP) is 5.45. The highest BCUT2D eigenvalue weighted by Gasteiger charge is 2.17. The summed E-state index contributed by atoms with van der Waals surface area (Å²) in [6, 6.07) is 15.1. The Morgan fingerprint density at radius 3 is 2.71 bits per heavy atom. The maximum absolute atomic E-state index is 14.7. The van der Waals surface area contributed by atoms with Gasteiger partial charge in [-0.3, -0.25) is 10.1 Å². The monoisotopic (exact) mass is 549 g/mol. The first kappa shape index (κ1) is 26.5. The highest BCUT2D eigenvalue weighted by Crippen LogP contribution is 2.33. The standard InChI is InChI=1S/C31H32FN9/c1-4-33-15-19-10-21(17-34-16-19)22-13-26-29(39-40-30(26)36-18-22)31-37-27-7-5-6-25(28(27)38-31)20-11-23(32)14-24(12-20)35-8-9-41(2)3/h5-7,10-14,16-18,33,35H,4,8-9,15H2,1-3H3,(H,37,38)(H,36,39,40). The van der Waals surface area contributed by atoms with Gasteiger partial charge in [-0.25, -0.2) is 14.4 Å². The van der Waals surface area contributed by atoms with Crippen molar-refractivity contribution in [3.05, 3.63) is 78.5 Å². The second-order valence-electron chi connectivity index (χ2n) is 10.3. The fraction of sp³-hybridized carbons (Fsp3) is 0.226. The van der Waals surface area contributed by atoms with E-state index in [0.29, 0.717) is 23.7 Å². The molecule has 10 heteroatoms. The summed E-state index contributed by atoms with van der Waals surface area (Å²) in [5, 5.41) is 15.1. The minimum absolute atomic E-state index is 0.302. The Morgan fingerprint density at radius 1 is 0.976 bits per heavy atom. The van der Waals surface area contributed by atoms with Gasteiger partial charge in [0.25, 0.3) is 0 Å². The molecule has 9 nitrogen and oxygen atoms in total. The van der Waals surface area contributed by atoms with Crippen molar-refractivity contribution in [1.29, 1.82) is 0 Å². The molecule has 0 bridgehead atoms. The van der Waals surface area contributed by atoms with Crippen LogP contribution in [-0.2, 0) is 6.54 Å². The van der Waals surface area contributed by atoms with Crippen LogP contribution in [0.4, 0.5) is 10.1 Å². The zero-order valence-electron chi connectivity index (χ0n) is 23.3. The first-order valence-corrected chi connectivity index (χ1v) is 13.7. The lowest BCUT2D eigenvalue weighted by atomic mass is 10.0. The quantitative estimate of drug-likeness (QED) is 0.180. The molecule has 208 valence electrons. The number of halogens is 1. The van der Waals surface area contributed by atoms with E-state index in [-0.39, 0.29) is 5.82 Å². The Labute approximate surface area is 237 Å². The molecule has 0 unspecified atom stereocenters. The molecule has 2 aromatic carbocycles. The summed E-state index contributed by atoms with van der Waals surface area (Å²) in [7, 11) is 4.02. The Bertz CT molecular complexity index is 1820. The summed E-state index contributed by atoms with van der Waals surface area (Å²) >= 11 is 0. The third-order valence-corrected chi connectivity index (χ3v) is 6.96. The normalized spacial score (nSPS) is 11.6. The van der Waals surface area contributed by atoms with Crippen molar-refractivity contribution in [2.45, 2.75) is 13.5 Å². The number of hydrogen-bond donors (Lipinski definition) is 4. The van der Waals surface area contributed by atoms with E-state index in [1.807, 2.05) is 57.0 Å². The SMILES string of the molecule is CCNCc1cncc(-c2cnc3[nH]nc(-c4nc5c(-c6cc(F)cc(NCCN(C)C)c6)cccc5[nH]4)c3c2)c1. The summed E-state index contributed by atoms with van der Waals surface area (Å²) in [6.07, 6.45) is 5.53. The maximum Gasteiger partial charge on any atom is 0.159 e. The number of fused-ring (bicyclic) bond motifs is 2. The van der Waals surface area contributed by atoms with Crippen LogP contribution in [0.2, 0.25) is 0 Å². The van der Waals surface area contributed by atoms with Crippen LogP contribution in [0.3, 0.4) is 0 Å². The molecule has 4 aromatic heterocycles. The van der Waals surface area contributed by atoms with Crippen molar-refractivity contribution in [2.75, 3.05) is 39.0 Å². The molecule has 0 aliphatic carbocycles. The van der Waals surface area contributed by atoms with E-state index in [1.54, 1.807) is 6.07 Å². The van der Waals surface area contributed by atoms with Crippen LogP contribution in [0.1, 0.15) is 12.5 Å². The number of nitrogens with zero attached hydrogens (tertiary/aromatic N) is 5. The number of anilines is 1. The minimum atomic E-state index is -0.302. The largest absolute Gasteiger partial charge is 0.384 e. The summed E-state index contributed by atoms with van der Waals surface area (Å²) < 4.78 is 14.7. The number of aromatic amines is 2. The number of imidazole rings is 1. The summed E-state index contributed by atoms with van der Waals surface area (Å²) in [6.45, 7) is 5.28. The van der Waals surface area contributed by atoms with Crippen LogP contribution < -0.4 is 10.6 Å². The smallest absolute Gasteiger partial charge is 0.159 e. The first-order valence-electron chi connectivity index (χ1n) is 13.7. The molecule has 0 aliphatic rings. The lowest BCUT2D eigenvalue weighted by Gasteiger charge is -2.13. The Hall–Kier alpha value is -4.67. The lowest BCUT2D eigenvalue weighted by molar-refractivity contribution is 0.425. The number of H-pyrrole nitrogens is 2. The van der Waals surface area contributed by atoms with Gasteiger partial charge in [0.1, 0.15) is 11.5 Å². The van der Waals surface area contributed by atoms with Crippen molar-refractivity contribution >= 4 is 27.8 Å². The van der Waals surface area contributed by atoms with Gasteiger partial charge in [-0.2, -0.15) is 5.10 Å². The predicted molar refractivity (Wildman–Crippen MR) is 162 cm³/mol. The number of aromatic nitrogens is 6. The lowest BCUT2D eigenvalue weighted by Crippen LogP contribution is -2.20. The Kier molecular flexibility index (Phi) is 7.41. The zero-order valence-corrected chi connectivity index (χ0v) is 23.3. The Balaban J connectivity index is 1.37. The van der Waals surface area contributed by atoms with Crippen molar-refractivity contribution in [2.24, 2.45) is 0 Å². The Morgan fingerprint density at radius 2 is 1.85 bits per heavy atom. The number of benzene rings is 2. The average Bonchev–Trinajstić information content (AvgIpc) is 3.59. The van der Waals surface area contributed by atoms with E-state index in [2.05, 4.69) is 59.7 Å². The summed E-state index contributed by atoms with van der Waals surface area (Å²) in [4.78, 5) is 19.5. The third kappa shape index (κ3) is 5.65. The van der Waals surface area contributed by atoms with E-state index in [4.69, 9.17) is 4.98 Å². The van der Waals surface area contributed by atoms with Crippen LogP contribution in [0.15, 0.2) is 67.1 Å². The van der Waals surface area contributed by atoms with E-state index >= 15 is 0 Å². The number of para-hydroxylation sites is 1. The van der Waals surface area contributed by atoms with E-state index < -0.39 is 0 Å². The van der Waals surface area contributed by atoms with Crippen LogP contribution in [0.25, 0.3) is 55.8 Å². The van der Waals surface area contributed by atoms with Crippen LogP contribution in [-0.4, -0.2) is 68.8 Å². The van der Waals surface area contributed by atoms with Gasteiger partial charge in [0, 0.05) is 60.6 Å². The first-order chi connectivity index (χ1) is 20.0. The van der Waals surface area contributed by atoms with Gasteiger partial charge in [-0.15, -0.1) is 0 Å². The van der Waals surface area contributed by atoms with E-state index in [9.17, 15) is 4.39 Å². The molecule has 41 heavy (non-hydrogen) atoms. The number of nitrogens with one attached hydrogen (secondary N) is 4. The maximum atomic E-state index is 14.7. The average molecular weight is 550 g/mol. The molecular formula is C31H32FN9. The van der Waals surface area contributed by atoms with E-state index in [1.165, 1.54) is 6.07 Å². The highest BCUT2D eigenvalue weighted by atomic mass is 19.1. The highest BCUT2D eigenvalue weighted by molar-refractivity contribution is 5.97. The van der Waals surface area contributed by atoms with E-state index in [0.717, 1.165) is 69.6 Å². The minimum Gasteiger partial charge on any atom is -0.384 e. The molecule has 0 saturated carbocycles. The molecule has 0 fully saturated rings. The van der Waals surface area contributed by atoms with Gasteiger partial charge >= 0.3 is 0 Å². The number of pyridine rings is 2.